The van der Waals surface area contributed by atoms with Crippen LogP contribution in [0.25, 0.3) is 17.5 Å². The number of sulfone groups is 1. The van der Waals surface area contributed by atoms with Gasteiger partial charge in [0.15, 0.2) is 4.91 Å². The summed E-state index contributed by atoms with van der Waals surface area (Å²) in [6.45, 7) is 0. The molecule has 0 amide bonds. The molecule has 118 valence electrons. The summed E-state index contributed by atoms with van der Waals surface area (Å²) in [6.07, 6.45) is 2.79. The van der Waals surface area contributed by atoms with Gasteiger partial charge < -0.3 is 4.98 Å². The molecule has 0 radical (unpaired) electrons. The molecule has 1 N–H and O–H groups in total. The number of nitriles is 1. The van der Waals surface area contributed by atoms with Gasteiger partial charge in [0, 0.05) is 5.56 Å². The summed E-state index contributed by atoms with van der Waals surface area (Å²) in [7, 11) is -3.85. The van der Waals surface area contributed by atoms with Gasteiger partial charge in [-0.25, -0.2) is 13.4 Å². The monoisotopic (exact) mass is 335 g/mol. The van der Waals surface area contributed by atoms with Crippen molar-refractivity contribution in [3.05, 3.63) is 77.5 Å². The number of hydrogen-bond acceptors (Lipinski definition) is 4. The van der Waals surface area contributed by atoms with E-state index in [-0.39, 0.29) is 9.80 Å². The molecule has 6 heteroatoms. The molecule has 1 heterocycles. The number of nitrogens with one attached hydrogen (secondary N) is 1. The zero-order chi connectivity index (χ0) is 17.0. The van der Waals surface area contributed by atoms with Gasteiger partial charge in [-0.3, -0.25) is 0 Å². The highest BCUT2D eigenvalue weighted by Gasteiger charge is 2.20. The maximum atomic E-state index is 12.5. The van der Waals surface area contributed by atoms with Crippen molar-refractivity contribution in [3.63, 3.8) is 0 Å². The van der Waals surface area contributed by atoms with Gasteiger partial charge in [-0.05, 0) is 18.2 Å². The van der Waals surface area contributed by atoms with Crippen LogP contribution in [0.4, 0.5) is 0 Å². The minimum Gasteiger partial charge on any atom is -0.338 e. The van der Waals surface area contributed by atoms with Gasteiger partial charge in [0.2, 0.25) is 9.84 Å². The number of benzene rings is 2. The van der Waals surface area contributed by atoms with E-state index in [2.05, 4.69) is 9.97 Å². The summed E-state index contributed by atoms with van der Waals surface area (Å²) < 4.78 is 25.0. The van der Waals surface area contributed by atoms with Gasteiger partial charge in [-0.1, -0.05) is 48.5 Å². The van der Waals surface area contributed by atoms with E-state index in [4.69, 9.17) is 0 Å². The highest BCUT2D eigenvalue weighted by atomic mass is 32.2. The highest BCUT2D eigenvalue weighted by molar-refractivity contribution is 7.95. The molecule has 0 aliphatic heterocycles. The molecule has 24 heavy (non-hydrogen) atoms. The lowest BCUT2D eigenvalue weighted by Crippen LogP contribution is -2.03. The van der Waals surface area contributed by atoms with Crippen LogP contribution in [0.5, 0.6) is 0 Å². The Labute approximate surface area is 139 Å². The van der Waals surface area contributed by atoms with Crippen LogP contribution in [0, 0.1) is 11.3 Å². The Morgan fingerprint density at radius 2 is 1.67 bits per heavy atom. The van der Waals surface area contributed by atoms with Crippen molar-refractivity contribution in [2.75, 3.05) is 0 Å². The van der Waals surface area contributed by atoms with Crippen LogP contribution in [-0.2, 0) is 9.84 Å². The van der Waals surface area contributed by atoms with Gasteiger partial charge >= 0.3 is 0 Å². The molecule has 0 atom stereocenters. The van der Waals surface area contributed by atoms with E-state index >= 15 is 0 Å². The van der Waals surface area contributed by atoms with Crippen LogP contribution in [0.3, 0.4) is 0 Å². The van der Waals surface area contributed by atoms with Crippen molar-refractivity contribution in [1.82, 2.24) is 9.97 Å². The zero-order valence-corrected chi connectivity index (χ0v) is 13.4. The Morgan fingerprint density at radius 3 is 2.29 bits per heavy atom. The maximum Gasteiger partial charge on any atom is 0.216 e. The van der Waals surface area contributed by atoms with Crippen LogP contribution in [0.1, 0.15) is 5.69 Å². The third-order valence-electron chi connectivity index (χ3n) is 3.38. The molecule has 3 rings (SSSR count). The van der Waals surface area contributed by atoms with Crippen molar-refractivity contribution in [2.45, 2.75) is 4.90 Å². The van der Waals surface area contributed by atoms with Crippen LogP contribution in [-0.4, -0.2) is 18.4 Å². The van der Waals surface area contributed by atoms with E-state index in [1.807, 2.05) is 30.3 Å². The molecule has 2 aromatic carbocycles. The minimum atomic E-state index is -3.85. The second-order valence-electron chi connectivity index (χ2n) is 4.99. The van der Waals surface area contributed by atoms with Gasteiger partial charge in [-0.2, -0.15) is 5.26 Å². The van der Waals surface area contributed by atoms with Gasteiger partial charge in [0.25, 0.3) is 0 Å². The van der Waals surface area contributed by atoms with E-state index < -0.39 is 9.84 Å². The Hall–Kier alpha value is -3.17. The molecule has 0 unspecified atom stereocenters. The van der Waals surface area contributed by atoms with Crippen LogP contribution in [0.15, 0.2) is 76.7 Å². The van der Waals surface area contributed by atoms with E-state index in [9.17, 15) is 13.7 Å². The Bertz CT molecular complexity index is 1010. The van der Waals surface area contributed by atoms with Crippen LogP contribution in [0.2, 0.25) is 0 Å². The molecule has 3 aromatic rings. The number of nitrogens with zero attached hydrogens (tertiary/aromatic N) is 2. The summed E-state index contributed by atoms with van der Waals surface area (Å²) >= 11 is 0. The Kier molecular flexibility index (Phi) is 4.27. The molecule has 0 aliphatic rings. The van der Waals surface area contributed by atoms with Crippen LogP contribution < -0.4 is 0 Å². The Morgan fingerprint density at radius 1 is 1.04 bits per heavy atom. The number of aromatic nitrogens is 2. The molecule has 0 spiro atoms. The number of hydrogen-bond donors (Lipinski definition) is 1. The summed E-state index contributed by atoms with van der Waals surface area (Å²) in [5.74, 6) is 0.608. The quantitative estimate of drug-likeness (QED) is 0.740. The Balaban J connectivity index is 1.98. The first kappa shape index (κ1) is 15.7. The molecule has 1 aromatic heterocycles. The van der Waals surface area contributed by atoms with E-state index in [0.29, 0.717) is 11.5 Å². The first-order valence-electron chi connectivity index (χ1n) is 7.13. The SMILES string of the molecule is N#C/C(=C\c1cnc(-c2ccccc2)[nH]1)S(=O)(=O)c1ccccc1. The molecule has 0 fully saturated rings. The molecule has 0 saturated carbocycles. The predicted octanol–water partition coefficient (Wildman–Crippen LogP) is 3.42. The summed E-state index contributed by atoms with van der Waals surface area (Å²) in [5, 5.41) is 9.28. The molecule has 5 nitrogen and oxygen atoms in total. The van der Waals surface area contributed by atoms with E-state index in [1.54, 1.807) is 24.3 Å². The molecular weight excluding hydrogens is 322 g/mol. The predicted molar refractivity (Wildman–Crippen MR) is 91.2 cm³/mol. The molecule has 0 saturated heterocycles. The standard InChI is InChI=1S/C18H13N3O2S/c19-12-17(24(22,23)16-9-5-2-6-10-16)11-15-13-20-18(21-15)14-7-3-1-4-8-14/h1-11,13H,(H,20,21)/b17-11+. The van der Waals surface area contributed by atoms with Crippen molar-refractivity contribution < 1.29 is 8.42 Å². The highest BCUT2D eigenvalue weighted by Crippen LogP contribution is 2.21. The van der Waals surface area contributed by atoms with E-state index in [1.165, 1.54) is 24.4 Å². The van der Waals surface area contributed by atoms with Crippen molar-refractivity contribution in [1.29, 1.82) is 5.26 Å². The van der Waals surface area contributed by atoms with Crippen molar-refractivity contribution >= 4 is 15.9 Å². The largest absolute Gasteiger partial charge is 0.338 e. The fourth-order valence-electron chi connectivity index (χ4n) is 2.19. The number of allylic oxidation sites excluding steroid dienone is 1. The summed E-state index contributed by atoms with van der Waals surface area (Å²) in [4.78, 5) is 6.99. The summed E-state index contributed by atoms with van der Waals surface area (Å²) in [5.41, 5.74) is 1.33. The average molecular weight is 335 g/mol. The van der Waals surface area contributed by atoms with Crippen molar-refractivity contribution in [2.24, 2.45) is 0 Å². The fraction of sp³-hybridized carbons (Fsp3) is 0. The fourth-order valence-corrected chi connectivity index (χ4v) is 3.36. The molecule has 0 aliphatic carbocycles. The lowest BCUT2D eigenvalue weighted by atomic mass is 10.2. The zero-order valence-electron chi connectivity index (χ0n) is 12.5. The third-order valence-corrected chi connectivity index (χ3v) is 5.06. The van der Waals surface area contributed by atoms with E-state index in [0.717, 1.165) is 5.56 Å². The van der Waals surface area contributed by atoms with Gasteiger partial charge in [0.1, 0.15) is 11.9 Å². The second kappa shape index (κ2) is 6.52. The topological polar surface area (TPSA) is 86.6 Å². The number of imidazole rings is 1. The number of H-pyrrole nitrogens is 1. The number of rotatable bonds is 4. The van der Waals surface area contributed by atoms with Crippen molar-refractivity contribution in [3.8, 4) is 17.5 Å². The molecular formula is C18H13N3O2S. The summed E-state index contributed by atoms with van der Waals surface area (Å²) in [6, 6.07) is 19.1. The minimum absolute atomic E-state index is 0.0839. The number of aromatic amines is 1. The third kappa shape index (κ3) is 3.12. The first-order chi connectivity index (χ1) is 11.6. The first-order valence-corrected chi connectivity index (χ1v) is 8.62. The lowest BCUT2D eigenvalue weighted by Gasteiger charge is -2.01. The smallest absolute Gasteiger partial charge is 0.216 e. The maximum absolute atomic E-state index is 12.5. The lowest BCUT2D eigenvalue weighted by molar-refractivity contribution is 0.603. The van der Waals surface area contributed by atoms with Gasteiger partial charge in [0.05, 0.1) is 16.8 Å². The van der Waals surface area contributed by atoms with Crippen LogP contribution >= 0.6 is 0 Å². The average Bonchev–Trinajstić information content (AvgIpc) is 3.10. The van der Waals surface area contributed by atoms with Gasteiger partial charge in [-0.15, -0.1) is 0 Å². The second-order valence-corrected chi connectivity index (χ2v) is 6.91. The molecule has 0 bridgehead atoms. The normalized spacial score (nSPS) is 11.9.